The third-order valence-corrected chi connectivity index (χ3v) is 4.22. The van der Waals surface area contributed by atoms with E-state index in [0.29, 0.717) is 22.6 Å². The monoisotopic (exact) mass is 322 g/mol. The number of hydrogen-bond donors (Lipinski definition) is 1. The van der Waals surface area contributed by atoms with Crippen LogP contribution in [0.15, 0.2) is 42.5 Å². The van der Waals surface area contributed by atoms with Crippen molar-refractivity contribution in [1.29, 1.82) is 0 Å². The van der Waals surface area contributed by atoms with Gasteiger partial charge in [0.1, 0.15) is 5.75 Å². The summed E-state index contributed by atoms with van der Waals surface area (Å²) in [5.41, 5.74) is 1.80. The van der Waals surface area contributed by atoms with Gasteiger partial charge in [-0.1, -0.05) is 41.4 Å². The van der Waals surface area contributed by atoms with Crippen LogP contribution < -0.4 is 4.74 Å². The first kappa shape index (κ1) is 14.7. The molecule has 0 saturated heterocycles. The summed E-state index contributed by atoms with van der Waals surface area (Å²) in [6.45, 7) is 0. The largest absolute Gasteiger partial charge is 0.490 e. The van der Waals surface area contributed by atoms with Gasteiger partial charge in [0.05, 0.1) is 22.3 Å². The Morgan fingerprint density at radius 1 is 1.10 bits per heavy atom. The minimum Gasteiger partial charge on any atom is -0.490 e. The maximum Gasteiger partial charge on any atom is 0.120 e. The summed E-state index contributed by atoms with van der Waals surface area (Å²) in [6.07, 6.45) is 2.49. The number of aliphatic hydroxyl groups excluding tert-OH is 1. The summed E-state index contributed by atoms with van der Waals surface area (Å²) in [5.74, 6) is 0.822. The van der Waals surface area contributed by atoms with Gasteiger partial charge in [0.15, 0.2) is 0 Å². The van der Waals surface area contributed by atoms with Crippen molar-refractivity contribution in [2.75, 3.05) is 0 Å². The summed E-state index contributed by atoms with van der Waals surface area (Å²) in [7, 11) is 0. The first-order chi connectivity index (χ1) is 10.1. The van der Waals surface area contributed by atoms with Crippen molar-refractivity contribution in [2.24, 2.45) is 0 Å². The number of rotatable bonds is 5. The molecule has 2 nitrogen and oxygen atoms in total. The summed E-state index contributed by atoms with van der Waals surface area (Å²) < 4.78 is 5.75. The minimum atomic E-state index is -0.593. The summed E-state index contributed by atoms with van der Waals surface area (Å²) in [4.78, 5) is 0. The highest BCUT2D eigenvalue weighted by molar-refractivity contribution is 6.42. The van der Waals surface area contributed by atoms with Crippen LogP contribution in [-0.2, 0) is 6.42 Å². The Kier molecular flexibility index (Phi) is 4.39. The highest BCUT2D eigenvalue weighted by atomic mass is 35.5. The Labute approximate surface area is 134 Å². The Bertz CT molecular complexity index is 638. The molecular formula is C17H16Cl2O2. The lowest BCUT2D eigenvalue weighted by Crippen LogP contribution is -2.03. The van der Waals surface area contributed by atoms with Gasteiger partial charge in [0.25, 0.3) is 0 Å². The second kappa shape index (κ2) is 6.27. The Morgan fingerprint density at radius 3 is 2.62 bits per heavy atom. The zero-order chi connectivity index (χ0) is 14.8. The van der Waals surface area contributed by atoms with E-state index in [-0.39, 0.29) is 0 Å². The van der Waals surface area contributed by atoms with E-state index in [0.717, 1.165) is 29.7 Å². The van der Waals surface area contributed by atoms with Gasteiger partial charge in [-0.05, 0) is 48.2 Å². The van der Waals surface area contributed by atoms with Crippen LogP contribution in [0.25, 0.3) is 0 Å². The molecule has 2 aromatic carbocycles. The maximum atomic E-state index is 10.4. The first-order valence-electron chi connectivity index (χ1n) is 7.00. The second-order valence-corrected chi connectivity index (χ2v) is 6.17. The topological polar surface area (TPSA) is 29.5 Å². The molecule has 0 aromatic heterocycles. The van der Waals surface area contributed by atoms with Crippen molar-refractivity contribution in [2.45, 2.75) is 31.5 Å². The molecule has 2 aromatic rings. The molecule has 0 bridgehead atoms. The second-order valence-electron chi connectivity index (χ2n) is 5.36. The van der Waals surface area contributed by atoms with Crippen LogP contribution in [0.5, 0.6) is 5.75 Å². The van der Waals surface area contributed by atoms with Crippen LogP contribution in [0.3, 0.4) is 0 Å². The molecule has 0 aliphatic heterocycles. The fourth-order valence-corrected chi connectivity index (χ4v) is 2.50. The normalized spacial score (nSPS) is 15.8. The number of benzene rings is 2. The highest BCUT2D eigenvalue weighted by Crippen LogP contribution is 2.30. The lowest BCUT2D eigenvalue weighted by atomic mass is 10.0. The summed E-state index contributed by atoms with van der Waals surface area (Å²) in [5, 5.41) is 11.4. The zero-order valence-electron chi connectivity index (χ0n) is 11.4. The number of aliphatic hydroxyl groups is 1. The molecule has 1 atom stereocenters. The quantitative estimate of drug-likeness (QED) is 0.855. The van der Waals surface area contributed by atoms with Gasteiger partial charge in [-0.3, -0.25) is 0 Å². The van der Waals surface area contributed by atoms with E-state index < -0.39 is 6.10 Å². The molecule has 0 heterocycles. The van der Waals surface area contributed by atoms with E-state index in [1.807, 2.05) is 30.3 Å². The molecule has 1 N–H and O–H groups in total. The van der Waals surface area contributed by atoms with E-state index in [9.17, 15) is 5.11 Å². The van der Waals surface area contributed by atoms with E-state index in [4.69, 9.17) is 27.9 Å². The van der Waals surface area contributed by atoms with E-state index in [2.05, 4.69) is 0 Å². The SMILES string of the molecule is OC(Cc1ccc(Cl)c(Cl)c1)c1cccc(OC2CC2)c1. The fourth-order valence-electron chi connectivity index (χ4n) is 2.18. The zero-order valence-corrected chi connectivity index (χ0v) is 12.9. The predicted octanol–water partition coefficient (Wildman–Crippen LogP) is 4.81. The smallest absolute Gasteiger partial charge is 0.120 e. The van der Waals surface area contributed by atoms with Crippen molar-refractivity contribution < 1.29 is 9.84 Å². The van der Waals surface area contributed by atoms with Gasteiger partial charge in [0.2, 0.25) is 0 Å². The molecule has 0 radical (unpaired) electrons. The minimum absolute atomic E-state index is 0.354. The number of hydrogen-bond acceptors (Lipinski definition) is 2. The van der Waals surface area contributed by atoms with Gasteiger partial charge < -0.3 is 9.84 Å². The summed E-state index contributed by atoms with van der Waals surface area (Å²) in [6, 6.07) is 13.1. The van der Waals surface area contributed by atoms with Crippen molar-refractivity contribution >= 4 is 23.2 Å². The van der Waals surface area contributed by atoms with Crippen molar-refractivity contribution in [3.8, 4) is 5.75 Å². The lowest BCUT2D eigenvalue weighted by Gasteiger charge is -2.13. The molecule has 3 rings (SSSR count). The third-order valence-electron chi connectivity index (χ3n) is 3.48. The van der Waals surface area contributed by atoms with Gasteiger partial charge in [-0.25, -0.2) is 0 Å². The number of ether oxygens (including phenoxy) is 1. The van der Waals surface area contributed by atoms with Gasteiger partial charge in [-0.2, -0.15) is 0 Å². The van der Waals surface area contributed by atoms with Crippen molar-refractivity contribution in [1.82, 2.24) is 0 Å². The molecule has 21 heavy (non-hydrogen) atoms. The third kappa shape index (κ3) is 3.91. The van der Waals surface area contributed by atoms with Crippen LogP contribution in [0, 0.1) is 0 Å². The highest BCUT2D eigenvalue weighted by Gasteiger charge is 2.23. The fraction of sp³-hybridized carbons (Fsp3) is 0.294. The molecule has 1 fully saturated rings. The average Bonchev–Trinajstić information content (AvgIpc) is 3.27. The van der Waals surface area contributed by atoms with Crippen molar-refractivity contribution in [3.05, 3.63) is 63.6 Å². The van der Waals surface area contributed by atoms with Crippen LogP contribution in [0.4, 0.5) is 0 Å². The average molecular weight is 323 g/mol. The molecule has 0 spiro atoms. The molecule has 0 amide bonds. The number of halogens is 2. The van der Waals surface area contributed by atoms with Crippen LogP contribution in [-0.4, -0.2) is 11.2 Å². The molecule has 1 aliphatic carbocycles. The molecular weight excluding hydrogens is 307 g/mol. The summed E-state index contributed by atoms with van der Waals surface area (Å²) >= 11 is 11.9. The Balaban J connectivity index is 1.71. The Morgan fingerprint density at radius 2 is 1.90 bits per heavy atom. The van der Waals surface area contributed by atoms with Gasteiger partial charge in [-0.15, -0.1) is 0 Å². The molecule has 1 unspecified atom stereocenters. The van der Waals surface area contributed by atoms with E-state index >= 15 is 0 Å². The maximum absolute atomic E-state index is 10.4. The predicted molar refractivity (Wildman–Crippen MR) is 85.2 cm³/mol. The van der Waals surface area contributed by atoms with Crippen LogP contribution >= 0.6 is 23.2 Å². The van der Waals surface area contributed by atoms with Crippen LogP contribution in [0.1, 0.15) is 30.1 Å². The first-order valence-corrected chi connectivity index (χ1v) is 7.76. The molecule has 4 heteroatoms. The van der Waals surface area contributed by atoms with Crippen molar-refractivity contribution in [3.63, 3.8) is 0 Å². The molecule has 110 valence electrons. The Hall–Kier alpha value is -1.22. The van der Waals surface area contributed by atoms with Crippen LogP contribution in [0.2, 0.25) is 10.0 Å². The standard InChI is InChI=1S/C17H16Cl2O2/c18-15-7-4-11(8-16(15)19)9-17(20)12-2-1-3-14(10-12)21-13-5-6-13/h1-4,7-8,10,13,17,20H,5-6,9H2. The van der Waals surface area contributed by atoms with Gasteiger partial charge >= 0.3 is 0 Å². The van der Waals surface area contributed by atoms with E-state index in [1.54, 1.807) is 12.1 Å². The molecule has 1 saturated carbocycles. The van der Waals surface area contributed by atoms with Gasteiger partial charge in [0, 0.05) is 6.42 Å². The van der Waals surface area contributed by atoms with E-state index in [1.165, 1.54) is 0 Å². The molecule has 1 aliphatic rings. The lowest BCUT2D eigenvalue weighted by molar-refractivity contribution is 0.177.